The highest BCUT2D eigenvalue weighted by molar-refractivity contribution is 6.35. The lowest BCUT2D eigenvalue weighted by Gasteiger charge is -2.34. The van der Waals surface area contributed by atoms with Crippen LogP contribution in [0.5, 0.6) is 0 Å². The molecule has 0 saturated carbocycles. The van der Waals surface area contributed by atoms with Crippen LogP contribution in [0.2, 0.25) is 0 Å². The molecule has 0 radical (unpaired) electrons. The van der Waals surface area contributed by atoms with Gasteiger partial charge in [-0.25, -0.2) is 9.79 Å². The van der Waals surface area contributed by atoms with Crippen LogP contribution in [0, 0.1) is 0 Å². The minimum Gasteiger partial charge on any atom is -0.463 e. The van der Waals surface area contributed by atoms with E-state index in [0.717, 1.165) is 17.1 Å². The Balaban J connectivity index is 1.95. The van der Waals surface area contributed by atoms with Crippen molar-refractivity contribution in [3.8, 4) is 0 Å². The van der Waals surface area contributed by atoms with Crippen molar-refractivity contribution in [2.75, 3.05) is 6.61 Å². The van der Waals surface area contributed by atoms with Gasteiger partial charge in [0.05, 0.1) is 12.3 Å². The maximum absolute atomic E-state index is 12.1. The Hall–Kier alpha value is -1.55. The van der Waals surface area contributed by atoms with E-state index in [1.54, 1.807) is 6.92 Å². The van der Waals surface area contributed by atoms with E-state index >= 15 is 0 Å². The number of carbonyl (C=O) groups excluding carboxylic acids is 1. The standard InChI is InChI=1S/C14H15ClN2O2/c1-2-19-13(18)14(15)8-7-12-16-11-6-4-3-5-10(11)9-17(12)14/h3-6H,2,7-9H2,1H3. The third-order valence-electron chi connectivity index (χ3n) is 3.58. The highest BCUT2D eigenvalue weighted by Crippen LogP contribution is 2.41. The molecular weight excluding hydrogens is 264 g/mol. The number of benzene rings is 1. The van der Waals surface area contributed by atoms with Crippen LogP contribution in [0.4, 0.5) is 5.69 Å². The monoisotopic (exact) mass is 278 g/mol. The molecule has 2 heterocycles. The molecule has 0 aromatic heterocycles. The summed E-state index contributed by atoms with van der Waals surface area (Å²) in [6.07, 6.45) is 1.25. The Morgan fingerprint density at radius 3 is 3.11 bits per heavy atom. The van der Waals surface area contributed by atoms with Crippen LogP contribution < -0.4 is 0 Å². The predicted molar refractivity (Wildman–Crippen MR) is 73.5 cm³/mol. The fourth-order valence-corrected chi connectivity index (χ4v) is 2.91. The van der Waals surface area contributed by atoms with Crippen molar-refractivity contribution in [2.24, 2.45) is 4.99 Å². The van der Waals surface area contributed by atoms with Crippen LogP contribution in [0.3, 0.4) is 0 Å². The summed E-state index contributed by atoms with van der Waals surface area (Å²) in [5.41, 5.74) is 2.06. The highest BCUT2D eigenvalue weighted by Gasteiger charge is 2.51. The number of nitrogens with zero attached hydrogens (tertiary/aromatic N) is 2. The first-order chi connectivity index (χ1) is 9.15. The van der Waals surface area contributed by atoms with Crippen LogP contribution >= 0.6 is 11.6 Å². The van der Waals surface area contributed by atoms with Crippen molar-refractivity contribution >= 4 is 29.1 Å². The smallest absolute Gasteiger partial charge is 0.347 e. The molecule has 1 fully saturated rings. The molecule has 3 rings (SSSR count). The zero-order valence-electron chi connectivity index (χ0n) is 10.7. The number of halogens is 1. The van der Waals surface area contributed by atoms with Gasteiger partial charge in [-0.2, -0.15) is 0 Å². The minimum absolute atomic E-state index is 0.338. The third-order valence-corrected chi connectivity index (χ3v) is 4.12. The molecule has 1 aromatic carbocycles. The second kappa shape index (κ2) is 4.53. The van der Waals surface area contributed by atoms with Gasteiger partial charge in [0.25, 0.3) is 0 Å². The summed E-state index contributed by atoms with van der Waals surface area (Å²) in [6, 6.07) is 7.93. The summed E-state index contributed by atoms with van der Waals surface area (Å²) in [4.78, 5) is 17.5. The largest absolute Gasteiger partial charge is 0.463 e. The van der Waals surface area contributed by atoms with Gasteiger partial charge in [0, 0.05) is 19.4 Å². The molecule has 1 saturated heterocycles. The summed E-state index contributed by atoms with van der Waals surface area (Å²) >= 11 is 6.51. The van der Waals surface area contributed by atoms with E-state index in [0.29, 0.717) is 26.0 Å². The fraction of sp³-hybridized carbons (Fsp3) is 0.429. The summed E-state index contributed by atoms with van der Waals surface area (Å²) in [5.74, 6) is 0.503. The van der Waals surface area contributed by atoms with Gasteiger partial charge < -0.3 is 9.64 Å². The quantitative estimate of drug-likeness (QED) is 0.475. The first kappa shape index (κ1) is 12.5. The van der Waals surface area contributed by atoms with Crippen molar-refractivity contribution in [1.29, 1.82) is 0 Å². The highest BCUT2D eigenvalue weighted by atomic mass is 35.5. The SMILES string of the molecule is CCOC(=O)C1(Cl)CCC2=Nc3ccccc3CN21. The molecule has 0 N–H and O–H groups in total. The number of alkyl halides is 1. The molecule has 4 nitrogen and oxygen atoms in total. The number of hydrogen-bond donors (Lipinski definition) is 0. The molecule has 0 bridgehead atoms. The van der Waals surface area contributed by atoms with Crippen molar-refractivity contribution < 1.29 is 9.53 Å². The number of ether oxygens (including phenoxy) is 1. The van der Waals surface area contributed by atoms with Crippen LogP contribution in [0.25, 0.3) is 0 Å². The number of carbonyl (C=O) groups is 1. The number of rotatable bonds is 2. The molecule has 1 unspecified atom stereocenters. The number of para-hydroxylation sites is 1. The molecule has 0 spiro atoms. The van der Waals surface area contributed by atoms with E-state index in [1.165, 1.54) is 0 Å². The summed E-state index contributed by atoms with van der Waals surface area (Å²) in [7, 11) is 0. The maximum Gasteiger partial charge on any atom is 0.347 e. The van der Waals surface area contributed by atoms with Crippen molar-refractivity contribution in [3.63, 3.8) is 0 Å². The molecule has 1 aromatic rings. The summed E-state index contributed by atoms with van der Waals surface area (Å²) in [5, 5.41) is 0. The Labute approximate surface area is 117 Å². The first-order valence-electron chi connectivity index (χ1n) is 6.44. The van der Waals surface area contributed by atoms with Gasteiger partial charge in [-0.3, -0.25) is 0 Å². The van der Waals surface area contributed by atoms with Crippen molar-refractivity contribution in [2.45, 2.75) is 31.3 Å². The van der Waals surface area contributed by atoms with Gasteiger partial charge in [0.15, 0.2) is 0 Å². The second-order valence-electron chi connectivity index (χ2n) is 4.72. The summed E-state index contributed by atoms with van der Waals surface area (Å²) in [6.45, 7) is 2.73. The lowest BCUT2D eigenvalue weighted by molar-refractivity contribution is -0.150. The first-order valence-corrected chi connectivity index (χ1v) is 6.82. The normalized spacial score (nSPS) is 24.5. The topological polar surface area (TPSA) is 41.9 Å². The van der Waals surface area contributed by atoms with Crippen LogP contribution in [0.1, 0.15) is 25.3 Å². The van der Waals surface area contributed by atoms with E-state index in [1.807, 2.05) is 29.2 Å². The van der Waals surface area contributed by atoms with Gasteiger partial charge in [0.2, 0.25) is 5.00 Å². The molecule has 100 valence electrons. The molecule has 5 heteroatoms. The van der Waals surface area contributed by atoms with Crippen LogP contribution in [-0.2, 0) is 16.1 Å². The number of fused-ring (bicyclic) bond motifs is 2. The Kier molecular flexibility index (Phi) is 2.97. The number of hydrogen-bond acceptors (Lipinski definition) is 4. The lowest BCUT2D eigenvalue weighted by Crippen LogP contribution is -2.48. The van der Waals surface area contributed by atoms with Crippen LogP contribution in [-0.4, -0.2) is 28.3 Å². The molecule has 0 amide bonds. The average molecular weight is 279 g/mol. The van der Waals surface area contributed by atoms with Crippen molar-refractivity contribution in [3.05, 3.63) is 29.8 Å². The summed E-state index contributed by atoms with van der Waals surface area (Å²) < 4.78 is 5.10. The molecule has 19 heavy (non-hydrogen) atoms. The Morgan fingerprint density at radius 1 is 1.53 bits per heavy atom. The van der Waals surface area contributed by atoms with E-state index in [-0.39, 0.29) is 5.97 Å². The lowest BCUT2D eigenvalue weighted by atomic mass is 10.1. The molecular formula is C14H15ClN2O2. The van der Waals surface area contributed by atoms with Crippen LogP contribution in [0.15, 0.2) is 29.3 Å². The van der Waals surface area contributed by atoms with Gasteiger partial charge >= 0.3 is 5.97 Å². The maximum atomic E-state index is 12.1. The van der Waals surface area contributed by atoms with Gasteiger partial charge in [-0.15, -0.1) is 0 Å². The van der Waals surface area contributed by atoms with Gasteiger partial charge in [-0.1, -0.05) is 29.8 Å². The number of amidine groups is 1. The predicted octanol–water partition coefficient (Wildman–Crippen LogP) is 2.82. The zero-order valence-corrected chi connectivity index (χ0v) is 11.5. The molecule has 0 aliphatic carbocycles. The van der Waals surface area contributed by atoms with E-state index < -0.39 is 5.00 Å². The van der Waals surface area contributed by atoms with Gasteiger partial charge in [0.1, 0.15) is 5.84 Å². The molecule has 2 aliphatic heterocycles. The fourth-order valence-electron chi connectivity index (χ4n) is 2.60. The Bertz CT molecular complexity index is 558. The number of aliphatic imine (C=N–C) groups is 1. The zero-order chi connectivity index (χ0) is 13.5. The van der Waals surface area contributed by atoms with E-state index in [2.05, 4.69) is 4.99 Å². The third kappa shape index (κ3) is 1.91. The second-order valence-corrected chi connectivity index (χ2v) is 5.35. The van der Waals surface area contributed by atoms with E-state index in [9.17, 15) is 4.79 Å². The molecule has 1 atom stereocenters. The average Bonchev–Trinajstić information content (AvgIpc) is 2.75. The van der Waals surface area contributed by atoms with Crippen molar-refractivity contribution in [1.82, 2.24) is 4.90 Å². The minimum atomic E-state index is -1.09. The Morgan fingerprint density at radius 2 is 2.32 bits per heavy atom. The number of esters is 1. The molecule has 2 aliphatic rings. The van der Waals surface area contributed by atoms with E-state index in [4.69, 9.17) is 16.3 Å². The van der Waals surface area contributed by atoms with Gasteiger partial charge in [-0.05, 0) is 18.6 Å².